The number of aryl methyl sites for hydroxylation is 1. The highest BCUT2D eigenvalue weighted by Gasteiger charge is 2.35. The van der Waals surface area contributed by atoms with Crippen molar-refractivity contribution in [2.75, 3.05) is 19.7 Å². The van der Waals surface area contributed by atoms with Gasteiger partial charge in [-0.25, -0.2) is 0 Å². The highest BCUT2D eigenvalue weighted by atomic mass is 35.5. The average Bonchev–Trinajstić information content (AvgIpc) is 2.39. The molecule has 0 saturated carbocycles. The number of morpholine rings is 1. The molecule has 2 rings (SSSR count). The average molecular weight is 298 g/mol. The molecular weight excluding hydrogens is 278 g/mol. The maximum absolute atomic E-state index is 12.6. The van der Waals surface area contributed by atoms with Crippen LogP contribution in [0.15, 0.2) is 18.2 Å². The topological polar surface area (TPSA) is 49.8 Å². The first-order valence-electron chi connectivity index (χ1n) is 6.66. The molecule has 0 spiro atoms. The van der Waals surface area contributed by atoms with Crippen molar-refractivity contribution in [2.24, 2.45) is 0 Å². The van der Waals surface area contributed by atoms with Crippen LogP contribution in [0, 0.1) is 6.92 Å². The van der Waals surface area contributed by atoms with Crippen LogP contribution >= 0.6 is 11.6 Å². The number of amides is 1. The Balaban J connectivity index is 2.21. The molecule has 1 fully saturated rings. The molecule has 0 radical (unpaired) electrons. The second-order valence-corrected chi connectivity index (χ2v) is 6.24. The number of rotatable bonds is 2. The van der Waals surface area contributed by atoms with Crippen LogP contribution < -0.4 is 0 Å². The van der Waals surface area contributed by atoms with Gasteiger partial charge in [-0.2, -0.15) is 0 Å². The van der Waals surface area contributed by atoms with Gasteiger partial charge in [0.1, 0.15) is 0 Å². The Morgan fingerprint density at radius 2 is 2.25 bits per heavy atom. The normalized spacial score (nSPS) is 21.9. The van der Waals surface area contributed by atoms with Gasteiger partial charge < -0.3 is 14.7 Å². The third-order valence-corrected chi connectivity index (χ3v) is 3.80. The number of halogens is 1. The predicted molar refractivity (Wildman–Crippen MR) is 78.1 cm³/mol. The lowest BCUT2D eigenvalue weighted by Crippen LogP contribution is -2.55. The lowest BCUT2D eigenvalue weighted by atomic mass is 10.0. The molecule has 1 aliphatic heterocycles. The fourth-order valence-electron chi connectivity index (χ4n) is 2.51. The van der Waals surface area contributed by atoms with E-state index in [-0.39, 0.29) is 18.6 Å². The van der Waals surface area contributed by atoms with Crippen LogP contribution in [0.25, 0.3) is 0 Å². The summed E-state index contributed by atoms with van der Waals surface area (Å²) < 4.78 is 5.72. The molecule has 1 saturated heterocycles. The van der Waals surface area contributed by atoms with Gasteiger partial charge in [-0.15, -0.1) is 0 Å². The standard InChI is InChI=1S/C15H20ClNO3/c1-10-6-11(4-5-13(10)16)14(19)17-7-12(8-18)20-15(2,3)9-17/h4-6,12,18H,7-9H2,1-3H3. The number of nitrogens with zero attached hydrogens (tertiary/aromatic N) is 1. The smallest absolute Gasteiger partial charge is 0.254 e. The van der Waals surface area contributed by atoms with Gasteiger partial charge in [-0.05, 0) is 44.5 Å². The lowest BCUT2D eigenvalue weighted by Gasteiger charge is -2.42. The van der Waals surface area contributed by atoms with E-state index in [1.807, 2.05) is 20.8 Å². The Labute approximate surface area is 124 Å². The van der Waals surface area contributed by atoms with Crippen molar-refractivity contribution in [3.63, 3.8) is 0 Å². The van der Waals surface area contributed by atoms with E-state index in [0.29, 0.717) is 23.7 Å². The number of aliphatic hydroxyl groups excluding tert-OH is 1. The van der Waals surface area contributed by atoms with E-state index in [2.05, 4.69) is 0 Å². The molecule has 1 amide bonds. The van der Waals surface area contributed by atoms with Crippen LogP contribution in [0.3, 0.4) is 0 Å². The van der Waals surface area contributed by atoms with E-state index in [4.69, 9.17) is 16.3 Å². The molecule has 1 aromatic rings. The van der Waals surface area contributed by atoms with Gasteiger partial charge in [0.05, 0.1) is 18.3 Å². The molecule has 110 valence electrons. The maximum Gasteiger partial charge on any atom is 0.254 e. The van der Waals surface area contributed by atoms with E-state index in [1.54, 1.807) is 23.1 Å². The fraction of sp³-hybridized carbons (Fsp3) is 0.533. The molecule has 0 aromatic heterocycles. The van der Waals surface area contributed by atoms with Crippen LogP contribution in [0.1, 0.15) is 29.8 Å². The SMILES string of the molecule is Cc1cc(C(=O)N2CC(CO)OC(C)(C)C2)ccc1Cl. The van der Waals surface area contributed by atoms with Gasteiger partial charge in [0.25, 0.3) is 5.91 Å². The number of hydrogen-bond donors (Lipinski definition) is 1. The van der Waals surface area contributed by atoms with Gasteiger partial charge >= 0.3 is 0 Å². The summed E-state index contributed by atoms with van der Waals surface area (Å²) in [4.78, 5) is 14.3. The van der Waals surface area contributed by atoms with E-state index < -0.39 is 5.60 Å². The number of carbonyl (C=O) groups excluding carboxylic acids is 1. The van der Waals surface area contributed by atoms with E-state index in [0.717, 1.165) is 5.56 Å². The molecule has 1 aromatic carbocycles. The molecule has 1 aliphatic rings. The summed E-state index contributed by atoms with van der Waals surface area (Å²) in [6.07, 6.45) is -0.337. The lowest BCUT2D eigenvalue weighted by molar-refractivity contribution is -0.139. The zero-order valence-corrected chi connectivity index (χ0v) is 12.8. The molecule has 1 N–H and O–H groups in total. The third kappa shape index (κ3) is 3.32. The molecule has 4 nitrogen and oxygen atoms in total. The van der Waals surface area contributed by atoms with Crippen LogP contribution in [0.2, 0.25) is 5.02 Å². The van der Waals surface area contributed by atoms with Crippen molar-refractivity contribution < 1.29 is 14.6 Å². The monoisotopic (exact) mass is 297 g/mol. The Morgan fingerprint density at radius 1 is 1.55 bits per heavy atom. The van der Waals surface area contributed by atoms with E-state index >= 15 is 0 Å². The summed E-state index contributed by atoms with van der Waals surface area (Å²) in [5.41, 5.74) is 1.04. The van der Waals surface area contributed by atoms with Crippen molar-refractivity contribution in [3.8, 4) is 0 Å². The Bertz CT molecular complexity index is 516. The predicted octanol–water partition coefficient (Wildman–Crippen LogP) is 2.26. The molecular formula is C15H20ClNO3. The number of hydrogen-bond acceptors (Lipinski definition) is 3. The van der Waals surface area contributed by atoms with Gasteiger partial charge in [-0.3, -0.25) is 4.79 Å². The minimum atomic E-state index is -0.456. The van der Waals surface area contributed by atoms with Crippen LogP contribution in [0.4, 0.5) is 0 Å². The van der Waals surface area contributed by atoms with Crippen LogP contribution in [0.5, 0.6) is 0 Å². The number of ether oxygens (including phenoxy) is 1. The van der Waals surface area contributed by atoms with Crippen molar-refractivity contribution in [1.29, 1.82) is 0 Å². The molecule has 0 aliphatic carbocycles. The zero-order valence-electron chi connectivity index (χ0n) is 12.0. The highest BCUT2D eigenvalue weighted by Crippen LogP contribution is 2.23. The summed E-state index contributed by atoms with van der Waals surface area (Å²) in [6.45, 7) is 6.53. The second-order valence-electron chi connectivity index (χ2n) is 5.83. The molecule has 1 atom stereocenters. The summed E-state index contributed by atoms with van der Waals surface area (Å²) in [5.74, 6) is -0.0559. The quantitative estimate of drug-likeness (QED) is 0.911. The Morgan fingerprint density at radius 3 is 2.85 bits per heavy atom. The van der Waals surface area contributed by atoms with Crippen molar-refractivity contribution in [3.05, 3.63) is 34.3 Å². The first-order valence-corrected chi connectivity index (χ1v) is 7.04. The number of benzene rings is 1. The molecule has 0 bridgehead atoms. The largest absolute Gasteiger partial charge is 0.394 e. The first-order chi connectivity index (χ1) is 9.32. The highest BCUT2D eigenvalue weighted by molar-refractivity contribution is 6.31. The summed E-state index contributed by atoms with van der Waals surface area (Å²) >= 11 is 5.98. The van der Waals surface area contributed by atoms with Gasteiger partial charge in [0.2, 0.25) is 0 Å². The van der Waals surface area contributed by atoms with Crippen molar-refractivity contribution in [2.45, 2.75) is 32.5 Å². The van der Waals surface area contributed by atoms with Crippen molar-refractivity contribution in [1.82, 2.24) is 4.90 Å². The molecule has 5 heteroatoms. The zero-order chi connectivity index (χ0) is 14.9. The maximum atomic E-state index is 12.6. The third-order valence-electron chi connectivity index (χ3n) is 3.38. The minimum absolute atomic E-state index is 0.0559. The second kappa shape index (κ2) is 5.72. The van der Waals surface area contributed by atoms with Gasteiger partial charge in [0, 0.05) is 23.7 Å². The number of carbonyl (C=O) groups is 1. The van der Waals surface area contributed by atoms with E-state index in [9.17, 15) is 9.90 Å². The summed E-state index contributed by atoms with van der Waals surface area (Å²) in [6, 6.07) is 5.26. The van der Waals surface area contributed by atoms with Crippen LogP contribution in [-0.2, 0) is 4.74 Å². The van der Waals surface area contributed by atoms with E-state index in [1.165, 1.54) is 0 Å². The van der Waals surface area contributed by atoms with Gasteiger partial charge in [0.15, 0.2) is 0 Å². The Kier molecular flexibility index (Phi) is 4.37. The summed E-state index contributed by atoms with van der Waals surface area (Å²) in [5, 5.41) is 9.94. The molecule has 1 unspecified atom stereocenters. The minimum Gasteiger partial charge on any atom is -0.394 e. The number of aliphatic hydroxyl groups is 1. The molecule has 1 heterocycles. The summed E-state index contributed by atoms with van der Waals surface area (Å²) in [7, 11) is 0. The fourth-order valence-corrected chi connectivity index (χ4v) is 2.62. The van der Waals surface area contributed by atoms with Gasteiger partial charge in [-0.1, -0.05) is 11.6 Å². The first kappa shape index (κ1) is 15.3. The molecule has 20 heavy (non-hydrogen) atoms. The Hall–Kier alpha value is -1.10. The van der Waals surface area contributed by atoms with Crippen molar-refractivity contribution >= 4 is 17.5 Å². The van der Waals surface area contributed by atoms with Crippen LogP contribution in [-0.4, -0.2) is 47.3 Å².